The summed E-state index contributed by atoms with van der Waals surface area (Å²) in [5, 5.41) is 7.27. The molecule has 2 rings (SSSR count). The molecule has 21 heavy (non-hydrogen) atoms. The van der Waals surface area contributed by atoms with Crippen molar-refractivity contribution < 1.29 is 14.3 Å². The van der Waals surface area contributed by atoms with E-state index < -0.39 is 5.97 Å². The summed E-state index contributed by atoms with van der Waals surface area (Å²) in [6.45, 7) is 4.44. The summed E-state index contributed by atoms with van der Waals surface area (Å²) in [5.74, 6) is -0.397. The molecule has 1 fully saturated rings. The van der Waals surface area contributed by atoms with Gasteiger partial charge in [0.05, 0.1) is 25.9 Å². The second-order valence-electron chi connectivity index (χ2n) is 5.19. The molecule has 1 aromatic carbocycles. The number of anilines is 1. The van der Waals surface area contributed by atoms with Crippen LogP contribution in [0.1, 0.15) is 23.7 Å². The number of carbonyl (C=O) groups is 1. The highest BCUT2D eigenvalue weighted by molar-refractivity contribution is 6.31. The predicted octanol–water partition coefficient (Wildman–Crippen LogP) is 2.31. The molecule has 0 radical (unpaired) electrons. The summed E-state index contributed by atoms with van der Waals surface area (Å²) in [6, 6.07) is 5.69. The lowest BCUT2D eigenvalue weighted by atomic mass is 10.1. The number of methoxy groups -OCH3 is 1. The van der Waals surface area contributed by atoms with Crippen molar-refractivity contribution in [3.05, 3.63) is 28.8 Å². The fraction of sp³-hybridized carbons (Fsp3) is 0.533. The highest BCUT2D eigenvalue weighted by Crippen LogP contribution is 2.23. The van der Waals surface area contributed by atoms with Crippen LogP contribution in [0.5, 0.6) is 0 Å². The van der Waals surface area contributed by atoms with Gasteiger partial charge in [0.25, 0.3) is 0 Å². The van der Waals surface area contributed by atoms with Crippen LogP contribution in [0.15, 0.2) is 18.2 Å². The van der Waals surface area contributed by atoms with Crippen LogP contribution in [0.4, 0.5) is 5.69 Å². The van der Waals surface area contributed by atoms with Crippen LogP contribution in [-0.2, 0) is 9.47 Å². The molecule has 5 nitrogen and oxygen atoms in total. The van der Waals surface area contributed by atoms with Crippen molar-refractivity contribution in [3.63, 3.8) is 0 Å². The Balaban J connectivity index is 2.02. The summed E-state index contributed by atoms with van der Waals surface area (Å²) in [7, 11) is 1.36. The van der Waals surface area contributed by atoms with Crippen LogP contribution >= 0.6 is 11.6 Å². The Morgan fingerprint density at radius 1 is 1.62 bits per heavy atom. The Morgan fingerprint density at radius 3 is 3.10 bits per heavy atom. The Labute approximate surface area is 130 Å². The van der Waals surface area contributed by atoms with Gasteiger partial charge in [-0.05, 0) is 31.5 Å². The van der Waals surface area contributed by atoms with E-state index in [1.165, 1.54) is 7.11 Å². The van der Waals surface area contributed by atoms with E-state index in [1.54, 1.807) is 18.2 Å². The zero-order valence-corrected chi connectivity index (χ0v) is 13.1. The number of ether oxygens (including phenoxy) is 2. The van der Waals surface area contributed by atoms with Crippen LogP contribution in [-0.4, -0.2) is 44.9 Å². The molecule has 1 aromatic rings. The maximum Gasteiger partial charge on any atom is 0.340 e. The molecule has 1 aliphatic heterocycles. The SMILES string of the molecule is COC(=O)c1cc(Cl)ccc1NC(C)CC1COCCN1. The predicted molar refractivity (Wildman–Crippen MR) is 83.1 cm³/mol. The van der Waals surface area contributed by atoms with Crippen molar-refractivity contribution in [1.29, 1.82) is 0 Å². The van der Waals surface area contributed by atoms with E-state index in [0.717, 1.165) is 31.9 Å². The quantitative estimate of drug-likeness (QED) is 0.817. The van der Waals surface area contributed by atoms with Crippen molar-refractivity contribution in [2.75, 3.05) is 32.2 Å². The smallest absolute Gasteiger partial charge is 0.340 e. The zero-order valence-electron chi connectivity index (χ0n) is 12.3. The van der Waals surface area contributed by atoms with Gasteiger partial charge in [0.15, 0.2) is 0 Å². The van der Waals surface area contributed by atoms with E-state index in [4.69, 9.17) is 21.1 Å². The van der Waals surface area contributed by atoms with Gasteiger partial charge in [-0.25, -0.2) is 4.79 Å². The maximum absolute atomic E-state index is 11.8. The van der Waals surface area contributed by atoms with Crippen LogP contribution in [0.2, 0.25) is 5.02 Å². The van der Waals surface area contributed by atoms with E-state index >= 15 is 0 Å². The molecule has 0 bridgehead atoms. The molecule has 0 spiro atoms. The number of carbonyl (C=O) groups excluding carboxylic acids is 1. The standard InChI is InChI=1S/C15H21ClN2O3/c1-10(7-12-9-21-6-5-17-12)18-14-4-3-11(16)8-13(14)15(19)20-2/h3-4,8,10,12,17-18H,5-7,9H2,1-2H3. The molecule has 0 saturated carbocycles. The first-order valence-corrected chi connectivity index (χ1v) is 7.43. The number of nitrogens with one attached hydrogen (secondary N) is 2. The number of hydrogen-bond acceptors (Lipinski definition) is 5. The number of benzene rings is 1. The van der Waals surface area contributed by atoms with E-state index in [1.807, 2.05) is 0 Å². The van der Waals surface area contributed by atoms with Crippen molar-refractivity contribution in [1.82, 2.24) is 5.32 Å². The Kier molecular flexibility index (Phi) is 5.85. The molecule has 1 aliphatic rings. The lowest BCUT2D eigenvalue weighted by Crippen LogP contribution is -2.43. The number of hydrogen-bond donors (Lipinski definition) is 2. The topological polar surface area (TPSA) is 59.6 Å². The number of halogens is 1. The van der Waals surface area contributed by atoms with Gasteiger partial charge in [0, 0.05) is 29.3 Å². The highest BCUT2D eigenvalue weighted by Gasteiger charge is 2.18. The minimum absolute atomic E-state index is 0.189. The molecule has 2 N–H and O–H groups in total. The van der Waals surface area contributed by atoms with Crippen LogP contribution in [0.3, 0.4) is 0 Å². The average molecular weight is 313 g/mol. The molecule has 1 heterocycles. The van der Waals surface area contributed by atoms with Gasteiger partial charge in [0.1, 0.15) is 0 Å². The summed E-state index contributed by atoms with van der Waals surface area (Å²) in [4.78, 5) is 11.8. The lowest BCUT2D eigenvalue weighted by Gasteiger charge is -2.27. The average Bonchev–Trinajstić information content (AvgIpc) is 2.49. The molecule has 0 aliphatic carbocycles. The summed E-state index contributed by atoms with van der Waals surface area (Å²) in [6.07, 6.45) is 0.906. The zero-order chi connectivity index (χ0) is 15.2. The minimum Gasteiger partial charge on any atom is -0.465 e. The van der Waals surface area contributed by atoms with E-state index in [2.05, 4.69) is 17.6 Å². The van der Waals surface area contributed by atoms with Crippen molar-refractivity contribution in [2.24, 2.45) is 0 Å². The second kappa shape index (κ2) is 7.64. The number of esters is 1. The summed E-state index contributed by atoms with van der Waals surface area (Å²) in [5.41, 5.74) is 1.18. The third-order valence-corrected chi connectivity index (χ3v) is 3.66. The molecule has 6 heteroatoms. The van der Waals surface area contributed by atoms with E-state index in [9.17, 15) is 4.79 Å². The molecular weight excluding hydrogens is 292 g/mol. The maximum atomic E-state index is 11.8. The Hall–Kier alpha value is -1.30. The number of rotatable bonds is 5. The Morgan fingerprint density at radius 2 is 2.43 bits per heavy atom. The van der Waals surface area contributed by atoms with Crippen LogP contribution < -0.4 is 10.6 Å². The van der Waals surface area contributed by atoms with Crippen molar-refractivity contribution in [2.45, 2.75) is 25.4 Å². The molecule has 1 saturated heterocycles. The molecule has 2 unspecified atom stereocenters. The third-order valence-electron chi connectivity index (χ3n) is 3.43. The first kappa shape index (κ1) is 16.1. The highest BCUT2D eigenvalue weighted by atomic mass is 35.5. The van der Waals surface area contributed by atoms with Gasteiger partial charge in [-0.1, -0.05) is 11.6 Å². The van der Waals surface area contributed by atoms with Crippen molar-refractivity contribution in [3.8, 4) is 0 Å². The van der Waals surface area contributed by atoms with Gasteiger partial charge >= 0.3 is 5.97 Å². The summed E-state index contributed by atoms with van der Waals surface area (Å²) < 4.78 is 10.2. The molecule has 2 atom stereocenters. The van der Waals surface area contributed by atoms with Gasteiger partial charge < -0.3 is 20.1 Å². The monoisotopic (exact) mass is 312 g/mol. The minimum atomic E-state index is -0.397. The third kappa shape index (κ3) is 4.59. The molecule has 0 amide bonds. The molecule has 116 valence electrons. The van der Waals surface area contributed by atoms with Gasteiger partial charge in [0.2, 0.25) is 0 Å². The van der Waals surface area contributed by atoms with Gasteiger partial charge in [-0.15, -0.1) is 0 Å². The molecule has 0 aromatic heterocycles. The largest absolute Gasteiger partial charge is 0.465 e. The number of morpholine rings is 1. The lowest BCUT2D eigenvalue weighted by molar-refractivity contribution is 0.0601. The normalized spacial score (nSPS) is 19.9. The van der Waals surface area contributed by atoms with Gasteiger partial charge in [-0.2, -0.15) is 0 Å². The fourth-order valence-corrected chi connectivity index (χ4v) is 2.62. The Bertz CT molecular complexity index is 490. The fourth-order valence-electron chi connectivity index (χ4n) is 2.44. The van der Waals surface area contributed by atoms with E-state index in [0.29, 0.717) is 16.6 Å². The molecular formula is C15H21ClN2O3. The second-order valence-corrected chi connectivity index (χ2v) is 5.62. The van der Waals surface area contributed by atoms with E-state index in [-0.39, 0.29) is 6.04 Å². The van der Waals surface area contributed by atoms with Gasteiger partial charge in [-0.3, -0.25) is 0 Å². The first-order valence-electron chi connectivity index (χ1n) is 7.05. The first-order chi connectivity index (χ1) is 10.1. The van der Waals surface area contributed by atoms with Crippen LogP contribution in [0.25, 0.3) is 0 Å². The van der Waals surface area contributed by atoms with Crippen molar-refractivity contribution >= 4 is 23.3 Å². The van der Waals surface area contributed by atoms with Crippen LogP contribution in [0, 0.1) is 0 Å². The summed E-state index contributed by atoms with van der Waals surface area (Å²) >= 11 is 5.95.